The molecule has 9 heteroatoms. The largest absolute Gasteiger partial charge is 0.435 e. The van der Waals surface area contributed by atoms with E-state index in [1.165, 1.54) is 18.7 Å². The maximum absolute atomic E-state index is 13.6. The summed E-state index contributed by atoms with van der Waals surface area (Å²) >= 11 is 0. The van der Waals surface area contributed by atoms with Crippen molar-refractivity contribution in [1.82, 2.24) is 20.0 Å². The maximum Gasteiger partial charge on any atom is 0.435 e. The summed E-state index contributed by atoms with van der Waals surface area (Å²) in [5, 5.41) is 6.41. The molecule has 0 aliphatic carbocycles. The number of aromatic nitrogens is 2. The highest BCUT2D eigenvalue weighted by Gasteiger charge is 2.42. The van der Waals surface area contributed by atoms with Crippen molar-refractivity contribution >= 4 is 5.91 Å². The molecule has 1 aliphatic heterocycles. The zero-order chi connectivity index (χ0) is 20.4. The molecule has 1 fully saturated rings. The summed E-state index contributed by atoms with van der Waals surface area (Å²) in [6.07, 6.45) is -3.07. The first-order chi connectivity index (χ1) is 12.6. The number of carbonyl (C=O) groups is 1. The van der Waals surface area contributed by atoms with Crippen LogP contribution in [-0.4, -0.2) is 59.5 Å². The van der Waals surface area contributed by atoms with Gasteiger partial charge in [0, 0.05) is 31.4 Å². The van der Waals surface area contributed by atoms with Gasteiger partial charge in [0.05, 0.1) is 18.2 Å². The molecule has 2 heterocycles. The first-order valence-corrected chi connectivity index (χ1v) is 9.26. The van der Waals surface area contributed by atoms with Crippen molar-refractivity contribution in [3.63, 3.8) is 0 Å². The lowest BCUT2D eigenvalue weighted by Gasteiger charge is -2.35. The van der Waals surface area contributed by atoms with Crippen molar-refractivity contribution in [1.29, 1.82) is 0 Å². The van der Waals surface area contributed by atoms with E-state index in [0.29, 0.717) is 12.6 Å². The summed E-state index contributed by atoms with van der Waals surface area (Å²) in [6, 6.07) is -0.277. The van der Waals surface area contributed by atoms with Crippen molar-refractivity contribution in [2.75, 3.05) is 26.8 Å². The number of ether oxygens (including phenoxy) is 1. The zero-order valence-electron chi connectivity index (χ0n) is 16.6. The minimum Gasteiger partial charge on any atom is -0.383 e. The second-order valence-electron chi connectivity index (χ2n) is 7.47. The van der Waals surface area contributed by atoms with E-state index in [-0.39, 0.29) is 18.3 Å². The molecule has 0 aromatic carbocycles. The maximum atomic E-state index is 13.6. The lowest BCUT2D eigenvalue weighted by Crippen LogP contribution is -2.41. The topological polar surface area (TPSA) is 59.4 Å². The highest BCUT2D eigenvalue weighted by Crippen LogP contribution is 2.35. The molecule has 1 aromatic rings. The first kappa shape index (κ1) is 21.7. The number of alkyl halides is 3. The molecule has 1 aliphatic rings. The lowest BCUT2D eigenvalue weighted by molar-refractivity contribution is -0.142. The molecule has 2 atom stereocenters. The minimum absolute atomic E-state index is 0.180. The smallest absolute Gasteiger partial charge is 0.383 e. The van der Waals surface area contributed by atoms with Gasteiger partial charge in [-0.1, -0.05) is 0 Å². The van der Waals surface area contributed by atoms with Crippen LogP contribution in [0.3, 0.4) is 0 Å². The molecule has 6 nitrogen and oxygen atoms in total. The zero-order valence-corrected chi connectivity index (χ0v) is 16.6. The Morgan fingerprint density at radius 3 is 2.59 bits per heavy atom. The van der Waals surface area contributed by atoms with Gasteiger partial charge in [-0.2, -0.15) is 18.3 Å². The molecule has 0 spiro atoms. The van der Waals surface area contributed by atoms with Crippen LogP contribution in [0.25, 0.3) is 0 Å². The summed E-state index contributed by atoms with van der Waals surface area (Å²) in [5.41, 5.74) is -1.27. The Balaban J connectivity index is 2.38. The van der Waals surface area contributed by atoms with Gasteiger partial charge in [-0.3, -0.25) is 14.4 Å². The van der Waals surface area contributed by atoms with Gasteiger partial charge >= 0.3 is 6.18 Å². The van der Waals surface area contributed by atoms with Crippen LogP contribution in [0.1, 0.15) is 61.4 Å². The number of piperidine rings is 1. The molecule has 1 amide bonds. The molecule has 0 unspecified atom stereocenters. The Kier molecular flexibility index (Phi) is 6.91. The summed E-state index contributed by atoms with van der Waals surface area (Å²) in [7, 11) is 1.47. The van der Waals surface area contributed by atoms with Crippen LogP contribution in [0.5, 0.6) is 0 Å². The molecule has 0 radical (unpaired) electrons. The van der Waals surface area contributed by atoms with Crippen LogP contribution in [0.4, 0.5) is 13.2 Å². The van der Waals surface area contributed by atoms with Gasteiger partial charge in [0.1, 0.15) is 0 Å². The molecular weight excluding hydrogens is 361 g/mol. The van der Waals surface area contributed by atoms with Crippen LogP contribution < -0.4 is 5.32 Å². The molecule has 0 saturated carbocycles. The quantitative estimate of drug-likeness (QED) is 0.811. The van der Waals surface area contributed by atoms with E-state index in [9.17, 15) is 18.0 Å². The number of amides is 1. The fraction of sp³-hybridized carbons (Fsp3) is 0.778. The number of hydrogen-bond acceptors (Lipinski definition) is 4. The van der Waals surface area contributed by atoms with Crippen molar-refractivity contribution < 1.29 is 22.7 Å². The average molecular weight is 390 g/mol. The van der Waals surface area contributed by atoms with E-state index in [1.807, 2.05) is 0 Å². The van der Waals surface area contributed by atoms with Gasteiger partial charge in [0.25, 0.3) is 5.91 Å². The Morgan fingerprint density at radius 2 is 2.04 bits per heavy atom. The van der Waals surface area contributed by atoms with E-state index in [4.69, 9.17) is 4.74 Å². The number of methoxy groups -OCH3 is 1. The Bertz CT molecular complexity index is 658. The molecule has 0 bridgehead atoms. The van der Waals surface area contributed by atoms with Crippen molar-refractivity contribution in [2.24, 2.45) is 0 Å². The van der Waals surface area contributed by atoms with Crippen molar-refractivity contribution in [2.45, 2.75) is 64.8 Å². The molecular formula is C18H29F3N4O2. The second-order valence-corrected chi connectivity index (χ2v) is 7.47. The van der Waals surface area contributed by atoms with Crippen LogP contribution >= 0.6 is 0 Å². The highest BCUT2D eigenvalue weighted by atomic mass is 19.4. The average Bonchev–Trinajstić information content (AvgIpc) is 2.92. The third-order valence-electron chi connectivity index (χ3n) is 4.94. The SMILES string of the molecule is COC[C@@H](C)NC(=O)c1c(C(F)(F)F)nn([C@@H]2CCCN(C(C)C)C2)c1C. The predicted molar refractivity (Wildman–Crippen MR) is 95.8 cm³/mol. The normalized spacial score (nSPS) is 20.1. The molecule has 1 saturated heterocycles. The highest BCUT2D eigenvalue weighted by molar-refractivity contribution is 5.96. The van der Waals surface area contributed by atoms with Gasteiger partial charge in [-0.05, 0) is 47.1 Å². The third kappa shape index (κ3) is 5.01. The number of hydrogen-bond donors (Lipinski definition) is 1. The number of rotatable bonds is 6. The van der Waals surface area contributed by atoms with Gasteiger partial charge in [0.15, 0.2) is 5.69 Å². The van der Waals surface area contributed by atoms with Gasteiger partial charge in [0.2, 0.25) is 0 Å². The molecule has 1 aromatic heterocycles. The number of nitrogens with one attached hydrogen (secondary N) is 1. The van der Waals surface area contributed by atoms with Gasteiger partial charge in [-0.25, -0.2) is 0 Å². The van der Waals surface area contributed by atoms with E-state index < -0.39 is 29.4 Å². The van der Waals surface area contributed by atoms with Crippen LogP contribution in [0.2, 0.25) is 0 Å². The summed E-state index contributed by atoms with van der Waals surface area (Å²) in [6.45, 7) is 9.10. The lowest BCUT2D eigenvalue weighted by atomic mass is 10.0. The molecule has 154 valence electrons. The van der Waals surface area contributed by atoms with Crippen LogP contribution in [0, 0.1) is 6.92 Å². The first-order valence-electron chi connectivity index (χ1n) is 9.26. The number of nitrogens with zero attached hydrogens (tertiary/aromatic N) is 3. The Morgan fingerprint density at radius 1 is 1.37 bits per heavy atom. The fourth-order valence-corrected chi connectivity index (χ4v) is 3.58. The van der Waals surface area contributed by atoms with Crippen molar-refractivity contribution in [3.05, 3.63) is 17.0 Å². The van der Waals surface area contributed by atoms with E-state index in [1.54, 1.807) is 6.92 Å². The Labute approximate surface area is 158 Å². The van der Waals surface area contributed by atoms with E-state index in [2.05, 4.69) is 29.2 Å². The fourth-order valence-electron chi connectivity index (χ4n) is 3.58. The number of likely N-dealkylation sites (tertiary alicyclic amines) is 1. The van der Waals surface area contributed by atoms with Crippen molar-refractivity contribution in [3.8, 4) is 0 Å². The number of carbonyl (C=O) groups excluding carboxylic acids is 1. The standard InChI is InChI=1S/C18H29F3N4O2/c1-11(2)24-8-6-7-14(9-24)25-13(4)15(16(23-25)18(19,20)21)17(26)22-12(3)10-27-5/h11-12,14H,6-10H2,1-5H3,(H,22,26)/t12-,14-/m1/s1. The van der Waals surface area contributed by atoms with Crippen LogP contribution in [-0.2, 0) is 10.9 Å². The second kappa shape index (κ2) is 8.60. The molecule has 27 heavy (non-hydrogen) atoms. The van der Waals surface area contributed by atoms with E-state index in [0.717, 1.165) is 19.4 Å². The predicted octanol–water partition coefficient (Wildman–Crippen LogP) is 3.02. The Hall–Kier alpha value is -1.61. The summed E-state index contributed by atoms with van der Waals surface area (Å²) < 4.78 is 47.0. The summed E-state index contributed by atoms with van der Waals surface area (Å²) in [5.74, 6) is -0.771. The van der Waals surface area contributed by atoms with Gasteiger partial charge < -0.3 is 10.1 Å². The molecule has 1 N–H and O–H groups in total. The van der Waals surface area contributed by atoms with E-state index >= 15 is 0 Å². The van der Waals surface area contributed by atoms with Gasteiger partial charge in [-0.15, -0.1) is 0 Å². The molecule has 2 rings (SSSR count). The minimum atomic E-state index is -4.69. The monoisotopic (exact) mass is 390 g/mol. The summed E-state index contributed by atoms with van der Waals surface area (Å²) in [4.78, 5) is 14.8. The number of halogens is 3. The third-order valence-corrected chi connectivity index (χ3v) is 4.94. The van der Waals surface area contributed by atoms with Crippen LogP contribution in [0.15, 0.2) is 0 Å².